The predicted molar refractivity (Wildman–Crippen MR) is 79.3 cm³/mol. The third-order valence-corrected chi connectivity index (χ3v) is 4.44. The number of benzene rings is 1. The molecule has 1 aromatic carbocycles. The Hall–Kier alpha value is -0.530. The number of hydrogen-bond donors (Lipinski definition) is 1. The second-order valence-electron chi connectivity index (χ2n) is 5.51. The molecule has 100 valence electrons. The quantitative estimate of drug-likeness (QED) is 0.834. The molecule has 1 unspecified atom stereocenters. The maximum absolute atomic E-state index is 6.35. The van der Waals surface area contributed by atoms with Crippen LogP contribution < -0.4 is 5.32 Å². The summed E-state index contributed by atoms with van der Waals surface area (Å²) in [6, 6.07) is 7.03. The predicted octanol–water partition coefficient (Wildman–Crippen LogP) is 4.36. The molecule has 0 aliphatic heterocycles. The van der Waals surface area contributed by atoms with E-state index in [4.69, 9.17) is 11.6 Å². The number of halogens is 1. The molecule has 0 amide bonds. The molecule has 1 atom stereocenters. The van der Waals surface area contributed by atoms with Crippen LogP contribution in [0.3, 0.4) is 0 Å². The molecule has 0 spiro atoms. The van der Waals surface area contributed by atoms with Gasteiger partial charge in [0, 0.05) is 11.1 Å². The van der Waals surface area contributed by atoms with Gasteiger partial charge in [-0.1, -0.05) is 43.5 Å². The van der Waals surface area contributed by atoms with Gasteiger partial charge in [-0.05, 0) is 55.8 Å². The topological polar surface area (TPSA) is 12.0 Å². The highest BCUT2D eigenvalue weighted by atomic mass is 35.5. The van der Waals surface area contributed by atoms with E-state index in [2.05, 4.69) is 37.4 Å². The molecule has 1 aromatic rings. The van der Waals surface area contributed by atoms with Crippen molar-refractivity contribution in [3.63, 3.8) is 0 Å². The Labute approximate surface area is 116 Å². The van der Waals surface area contributed by atoms with Crippen molar-refractivity contribution in [2.45, 2.75) is 52.0 Å². The van der Waals surface area contributed by atoms with E-state index in [1.165, 1.54) is 36.8 Å². The molecule has 1 fully saturated rings. The molecule has 0 bridgehead atoms. The summed E-state index contributed by atoms with van der Waals surface area (Å²) in [5, 5.41) is 4.58. The zero-order valence-electron chi connectivity index (χ0n) is 11.5. The van der Waals surface area contributed by atoms with Crippen LogP contribution in [0.25, 0.3) is 0 Å². The number of likely N-dealkylation sites (N-methyl/N-ethyl adjacent to an activating group) is 1. The molecular weight excluding hydrogens is 242 g/mol. The maximum Gasteiger partial charge on any atom is 0.0441 e. The summed E-state index contributed by atoms with van der Waals surface area (Å²) >= 11 is 6.35. The van der Waals surface area contributed by atoms with Crippen LogP contribution in [0, 0.1) is 12.8 Å². The van der Waals surface area contributed by atoms with Gasteiger partial charge in [0.1, 0.15) is 0 Å². The third-order valence-electron chi connectivity index (χ3n) is 4.08. The first-order chi connectivity index (χ1) is 8.70. The van der Waals surface area contributed by atoms with Crippen LogP contribution in [0.2, 0.25) is 5.02 Å². The van der Waals surface area contributed by atoms with Gasteiger partial charge in [-0.15, -0.1) is 0 Å². The van der Waals surface area contributed by atoms with Crippen molar-refractivity contribution in [1.82, 2.24) is 5.32 Å². The summed E-state index contributed by atoms with van der Waals surface area (Å²) in [6.45, 7) is 5.33. The minimum absolute atomic E-state index is 0.595. The molecule has 0 saturated heterocycles. The highest BCUT2D eigenvalue weighted by Crippen LogP contribution is 2.30. The Balaban J connectivity index is 2.07. The summed E-state index contributed by atoms with van der Waals surface area (Å²) in [6.07, 6.45) is 6.61. The zero-order chi connectivity index (χ0) is 13.0. The molecule has 1 saturated carbocycles. The molecule has 1 aliphatic rings. The van der Waals surface area contributed by atoms with E-state index >= 15 is 0 Å². The van der Waals surface area contributed by atoms with Crippen molar-refractivity contribution >= 4 is 11.6 Å². The SMILES string of the molecule is CCNC(Cc1ccc(C)cc1Cl)C1CCCC1. The van der Waals surface area contributed by atoms with Gasteiger partial charge in [-0.25, -0.2) is 0 Å². The molecule has 1 N–H and O–H groups in total. The van der Waals surface area contributed by atoms with E-state index in [0.29, 0.717) is 6.04 Å². The summed E-state index contributed by atoms with van der Waals surface area (Å²) < 4.78 is 0. The molecule has 2 rings (SSSR count). The summed E-state index contributed by atoms with van der Waals surface area (Å²) in [5.41, 5.74) is 2.53. The van der Waals surface area contributed by atoms with Crippen LogP contribution in [0.5, 0.6) is 0 Å². The average Bonchev–Trinajstić information content (AvgIpc) is 2.85. The van der Waals surface area contributed by atoms with Crippen molar-refractivity contribution in [1.29, 1.82) is 0 Å². The van der Waals surface area contributed by atoms with Crippen molar-refractivity contribution in [3.8, 4) is 0 Å². The highest BCUT2D eigenvalue weighted by molar-refractivity contribution is 6.31. The van der Waals surface area contributed by atoms with Gasteiger partial charge >= 0.3 is 0 Å². The normalized spacial score (nSPS) is 18.2. The van der Waals surface area contributed by atoms with Gasteiger partial charge in [0.05, 0.1) is 0 Å². The lowest BCUT2D eigenvalue weighted by atomic mass is 9.92. The molecule has 0 heterocycles. The van der Waals surface area contributed by atoms with Crippen LogP contribution in [-0.4, -0.2) is 12.6 Å². The smallest absolute Gasteiger partial charge is 0.0441 e. The average molecular weight is 266 g/mol. The van der Waals surface area contributed by atoms with Gasteiger partial charge in [-0.3, -0.25) is 0 Å². The molecule has 0 aromatic heterocycles. The molecule has 18 heavy (non-hydrogen) atoms. The Bertz CT molecular complexity index is 383. The van der Waals surface area contributed by atoms with E-state index in [9.17, 15) is 0 Å². The van der Waals surface area contributed by atoms with Crippen LogP contribution in [-0.2, 0) is 6.42 Å². The van der Waals surface area contributed by atoms with Gasteiger partial charge in [0.2, 0.25) is 0 Å². The second-order valence-corrected chi connectivity index (χ2v) is 5.91. The highest BCUT2D eigenvalue weighted by Gasteiger charge is 2.24. The van der Waals surface area contributed by atoms with Gasteiger partial charge < -0.3 is 5.32 Å². The molecule has 1 aliphatic carbocycles. The summed E-state index contributed by atoms with van der Waals surface area (Å²) in [7, 11) is 0. The van der Waals surface area contributed by atoms with Gasteiger partial charge in [0.25, 0.3) is 0 Å². The Morgan fingerprint density at radius 3 is 2.67 bits per heavy atom. The zero-order valence-corrected chi connectivity index (χ0v) is 12.3. The number of aryl methyl sites for hydroxylation is 1. The fraction of sp³-hybridized carbons (Fsp3) is 0.625. The Morgan fingerprint density at radius 1 is 1.33 bits per heavy atom. The standard InChI is InChI=1S/C16H24ClN/c1-3-18-16(13-6-4-5-7-13)11-14-9-8-12(2)10-15(14)17/h8-10,13,16,18H,3-7,11H2,1-2H3. The fourth-order valence-corrected chi connectivity index (χ4v) is 3.39. The van der Waals surface area contributed by atoms with E-state index in [0.717, 1.165) is 23.9 Å². The number of nitrogens with one attached hydrogen (secondary N) is 1. The third kappa shape index (κ3) is 3.49. The van der Waals surface area contributed by atoms with Crippen LogP contribution >= 0.6 is 11.6 Å². The first kappa shape index (κ1) is 13.9. The van der Waals surface area contributed by atoms with Gasteiger partial charge in [0.15, 0.2) is 0 Å². The summed E-state index contributed by atoms with van der Waals surface area (Å²) in [4.78, 5) is 0. The maximum atomic E-state index is 6.35. The van der Waals surface area contributed by atoms with E-state index in [1.54, 1.807) is 0 Å². The van der Waals surface area contributed by atoms with E-state index < -0.39 is 0 Å². The second kappa shape index (κ2) is 6.58. The van der Waals surface area contributed by atoms with Crippen LogP contribution in [0.1, 0.15) is 43.7 Å². The minimum atomic E-state index is 0.595. The fourth-order valence-electron chi connectivity index (χ4n) is 3.08. The largest absolute Gasteiger partial charge is 0.314 e. The first-order valence-electron chi connectivity index (χ1n) is 7.19. The van der Waals surface area contributed by atoms with Crippen LogP contribution in [0.15, 0.2) is 18.2 Å². The van der Waals surface area contributed by atoms with Crippen molar-refractivity contribution in [2.75, 3.05) is 6.54 Å². The van der Waals surface area contributed by atoms with Gasteiger partial charge in [-0.2, -0.15) is 0 Å². The van der Waals surface area contributed by atoms with Crippen molar-refractivity contribution in [3.05, 3.63) is 34.3 Å². The monoisotopic (exact) mass is 265 g/mol. The first-order valence-corrected chi connectivity index (χ1v) is 7.57. The van der Waals surface area contributed by atoms with Crippen molar-refractivity contribution < 1.29 is 0 Å². The molecule has 2 heteroatoms. The molecular formula is C16H24ClN. The van der Waals surface area contributed by atoms with Crippen molar-refractivity contribution in [2.24, 2.45) is 5.92 Å². The minimum Gasteiger partial charge on any atom is -0.314 e. The Morgan fingerprint density at radius 2 is 2.06 bits per heavy atom. The molecule has 1 nitrogen and oxygen atoms in total. The molecule has 0 radical (unpaired) electrons. The lowest BCUT2D eigenvalue weighted by Gasteiger charge is -2.25. The van der Waals surface area contributed by atoms with E-state index in [1.807, 2.05) is 0 Å². The number of rotatable bonds is 5. The van der Waals surface area contributed by atoms with Crippen LogP contribution in [0.4, 0.5) is 0 Å². The van der Waals surface area contributed by atoms with E-state index in [-0.39, 0.29) is 0 Å². The lowest BCUT2D eigenvalue weighted by Crippen LogP contribution is -2.37. The number of hydrogen-bond acceptors (Lipinski definition) is 1. The lowest BCUT2D eigenvalue weighted by molar-refractivity contribution is 0.362. The summed E-state index contributed by atoms with van der Waals surface area (Å²) in [5.74, 6) is 0.835. The Kier molecular flexibility index (Phi) is 5.08.